The molecule has 0 radical (unpaired) electrons. The minimum atomic E-state index is -1.46. The minimum absolute atomic E-state index is 0. The van der Waals surface area contributed by atoms with E-state index in [9.17, 15) is 49.8 Å². The number of epoxide rings is 1. The molecule has 4 aliphatic rings. The summed E-state index contributed by atoms with van der Waals surface area (Å²) >= 11 is 0. The van der Waals surface area contributed by atoms with Crippen LogP contribution in [0.1, 0.15) is 20.3 Å². The molecule has 0 aliphatic carbocycles. The highest BCUT2D eigenvalue weighted by Crippen LogP contribution is 2.34. The van der Waals surface area contributed by atoms with E-state index in [0.29, 0.717) is 13.0 Å². The molecule has 4 aliphatic heterocycles. The molecule has 4 rings (SSSR count). The minimum Gasteiger partial charge on any atom is -0.550 e. The number of ether oxygens (including phenoxy) is 9. The Balaban J connectivity index is -0.000000631. The third-order valence-electron chi connectivity index (χ3n) is 8.38. The fraction of sp³-hybridized carbons (Fsp3) is 0.867. The molecule has 0 amide bonds. The SMILES string of the molecule is COC(C)CC(C(=O)[O-])C(C)OC.COC1C(C(=O)[O-])OCC(O)C1O.COC1C(C(=O)[O-])OCC(O)C1O.COC1C(C(=O)[O-])OCC2OC21.O.O.O. The van der Waals surface area contributed by atoms with Crippen molar-refractivity contribution < 1.29 is 119 Å². The molecule has 54 heavy (non-hydrogen) atoms. The van der Waals surface area contributed by atoms with E-state index in [1.54, 1.807) is 14.0 Å². The fourth-order valence-corrected chi connectivity index (χ4v) is 5.12. The lowest BCUT2D eigenvalue weighted by atomic mass is 9.97. The van der Waals surface area contributed by atoms with Gasteiger partial charge in [-0.25, -0.2) is 0 Å². The van der Waals surface area contributed by atoms with Gasteiger partial charge in [-0.15, -0.1) is 0 Å². The standard InChI is InChI=1S/C9H18O4.2C7H12O6.C7H10O5.3H2O/c1-6(12-3)5-8(9(10)11)7(2)13-4;2*1-12-5-4(9)3(8)2-13-6(5)7(10)11;1-10-5-4-3(12-4)2-11-6(5)7(8)9;;;/h6-8H,5H2,1-4H3,(H,10,11);2*3-6,8-9H,2H2,1H3,(H,10,11);3-6H,2H2,1H3,(H,8,9);3*1H2/p-4. The molecular weight excluding hydrogens is 744 g/mol. The van der Waals surface area contributed by atoms with E-state index in [0.717, 1.165) is 0 Å². The summed E-state index contributed by atoms with van der Waals surface area (Å²) in [6, 6.07) is 0. The highest BCUT2D eigenvalue weighted by molar-refractivity contribution is 5.72. The summed E-state index contributed by atoms with van der Waals surface area (Å²) in [6.07, 6.45) is -11.3. The van der Waals surface area contributed by atoms with Crippen molar-refractivity contribution in [1.29, 1.82) is 0 Å². The second-order valence-electron chi connectivity index (χ2n) is 11.7. The summed E-state index contributed by atoms with van der Waals surface area (Å²) in [5.41, 5.74) is 0. The number of carboxylic acids is 4. The van der Waals surface area contributed by atoms with Gasteiger partial charge in [-0.05, 0) is 20.3 Å². The van der Waals surface area contributed by atoms with Crippen molar-refractivity contribution >= 4 is 23.9 Å². The predicted octanol–water partition coefficient (Wildman–Crippen LogP) is -11.0. The molecule has 4 fully saturated rings. The topological polar surface area (TPSA) is 422 Å². The molecule has 24 heteroatoms. The van der Waals surface area contributed by atoms with E-state index in [4.69, 9.17) is 52.8 Å². The average Bonchev–Trinajstić information content (AvgIpc) is 3.89. The van der Waals surface area contributed by atoms with Crippen LogP contribution in [0.15, 0.2) is 0 Å². The van der Waals surface area contributed by atoms with Crippen LogP contribution in [0.2, 0.25) is 0 Å². The molecule has 10 N–H and O–H groups in total. The molecule has 322 valence electrons. The quantitative estimate of drug-likeness (QED) is 0.133. The molecule has 24 nitrogen and oxygen atoms in total. The Morgan fingerprint density at radius 3 is 1.31 bits per heavy atom. The van der Waals surface area contributed by atoms with Gasteiger partial charge in [0, 0.05) is 47.4 Å². The number of fused-ring (bicyclic) bond motifs is 1. The number of hydrogen-bond acceptors (Lipinski definition) is 21. The van der Waals surface area contributed by atoms with E-state index < -0.39 is 90.8 Å². The lowest BCUT2D eigenvalue weighted by Crippen LogP contribution is -2.59. The molecular formula is C30H54O24-4. The zero-order chi connectivity index (χ0) is 39.2. The Kier molecular flexibility index (Phi) is 27.7. The van der Waals surface area contributed by atoms with Crippen LogP contribution in [0.3, 0.4) is 0 Å². The Bertz CT molecular complexity index is 1020. The first-order valence-corrected chi connectivity index (χ1v) is 15.6. The second-order valence-corrected chi connectivity index (χ2v) is 11.7. The molecule has 0 spiro atoms. The number of carbonyl (C=O) groups is 4. The molecule has 0 aromatic heterocycles. The number of aliphatic hydroxyl groups is 4. The van der Waals surface area contributed by atoms with Gasteiger partial charge in [-0.2, -0.15) is 0 Å². The summed E-state index contributed by atoms with van der Waals surface area (Å²) in [5, 5.41) is 79.0. The summed E-state index contributed by atoms with van der Waals surface area (Å²) in [7, 11) is 6.93. The number of aliphatic hydroxyl groups excluding tert-OH is 4. The largest absolute Gasteiger partial charge is 0.550 e. The Morgan fingerprint density at radius 1 is 0.630 bits per heavy atom. The van der Waals surface area contributed by atoms with E-state index in [1.165, 1.54) is 28.4 Å². The van der Waals surface area contributed by atoms with Gasteiger partial charge < -0.3 is 119 Å². The normalized spacial score (nSPS) is 33.7. The van der Waals surface area contributed by atoms with E-state index >= 15 is 0 Å². The van der Waals surface area contributed by atoms with E-state index in [2.05, 4.69) is 0 Å². The zero-order valence-corrected chi connectivity index (χ0v) is 30.7. The van der Waals surface area contributed by atoms with Gasteiger partial charge in [-0.3, -0.25) is 0 Å². The highest BCUT2D eigenvalue weighted by atomic mass is 16.7. The van der Waals surface area contributed by atoms with Gasteiger partial charge in [0.1, 0.15) is 73.2 Å². The molecule has 4 saturated heterocycles. The molecule has 0 saturated carbocycles. The first-order chi connectivity index (χ1) is 23.9. The number of aliphatic carboxylic acids is 4. The van der Waals surface area contributed by atoms with Crippen LogP contribution >= 0.6 is 0 Å². The van der Waals surface area contributed by atoms with Gasteiger partial charge in [0.05, 0.1) is 49.9 Å². The number of carboxylic acid groups (broad SMARTS) is 4. The summed E-state index contributed by atoms with van der Waals surface area (Å²) < 4.78 is 43.8. The molecule has 0 aromatic carbocycles. The number of rotatable bonds is 12. The van der Waals surface area contributed by atoms with Gasteiger partial charge >= 0.3 is 0 Å². The molecule has 4 heterocycles. The first kappa shape index (κ1) is 55.6. The van der Waals surface area contributed by atoms with Gasteiger partial charge in [0.2, 0.25) is 0 Å². The number of methoxy groups -OCH3 is 5. The number of carbonyl (C=O) groups excluding carboxylic acids is 4. The smallest absolute Gasteiger partial charge is 0.126 e. The van der Waals surface area contributed by atoms with Crippen molar-refractivity contribution in [3.8, 4) is 0 Å². The zero-order valence-electron chi connectivity index (χ0n) is 30.7. The summed E-state index contributed by atoms with van der Waals surface area (Å²) in [6.45, 7) is 3.38. The maximum absolute atomic E-state index is 10.7. The third kappa shape index (κ3) is 16.1. The summed E-state index contributed by atoms with van der Waals surface area (Å²) in [5.74, 6) is -5.86. The number of hydrogen-bond donors (Lipinski definition) is 4. The van der Waals surface area contributed by atoms with Crippen molar-refractivity contribution in [2.45, 2.75) is 106 Å². The predicted molar refractivity (Wildman–Crippen MR) is 166 cm³/mol. The Labute approximate surface area is 310 Å². The average molecular weight is 799 g/mol. The molecule has 0 aromatic rings. The Hall–Kier alpha value is -2.76. The van der Waals surface area contributed by atoms with Crippen LogP contribution < -0.4 is 20.4 Å². The molecule has 15 atom stereocenters. The lowest BCUT2D eigenvalue weighted by molar-refractivity contribution is -0.329. The van der Waals surface area contributed by atoms with Crippen LogP contribution in [0.25, 0.3) is 0 Å². The highest BCUT2D eigenvalue weighted by Gasteiger charge is 2.53. The second kappa shape index (κ2) is 26.9. The van der Waals surface area contributed by atoms with E-state index in [1.807, 2.05) is 6.92 Å². The van der Waals surface area contributed by atoms with Gasteiger partial charge in [0.15, 0.2) is 0 Å². The van der Waals surface area contributed by atoms with Crippen molar-refractivity contribution in [2.24, 2.45) is 5.92 Å². The van der Waals surface area contributed by atoms with Crippen LogP contribution in [0.5, 0.6) is 0 Å². The Morgan fingerprint density at radius 2 is 1.00 bits per heavy atom. The fourth-order valence-electron chi connectivity index (χ4n) is 5.12. The third-order valence-corrected chi connectivity index (χ3v) is 8.38. The van der Waals surface area contributed by atoms with Crippen LogP contribution in [-0.2, 0) is 61.8 Å². The van der Waals surface area contributed by atoms with Gasteiger partial charge in [0.25, 0.3) is 0 Å². The van der Waals surface area contributed by atoms with Crippen LogP contribution in [-0.4, -0.2) is 202 Å². The van der Waals surface area contributed by atoms with Crippen molar-refractivity contribution in [2.75, 3.05) is 55.4 Å². The molecule has 15 unspecified atom stereocenters. The summed E-state index contributed by atoms with van der Waals surface area (Å²) in [4.78, 5) is 42.2. The maximum atomic E-state index is 10.7. The lowest BCUT2D eigenvalue weighted by Gasteiger charge is -2.37. The molecule has 0 bridgehead atoms. The van der Waals surface area contributed by atoms with Crippen LogP contribution in [0, 0.1) is 5.92 Å². The van der Waals surface area contributed by atoms with Crippen molar-refractivity contribution in [3.63, 3.8) is 0 Å². The monoisotopic (exact) mass is 798 g/mol. The van der Waals surface area contributed by atoms with E-state index in [-0.39, 0.29) is 54.1 Å². The van der Waals surface area contributed by atoms with Crippen LogP contribution in [0.4, 0.5) is 0 Å². The van der Waals surface area contributed by atoms with Crippen molar-refractivity contribution in [1.82, 2.24) is 0 Å². The van der Waals surface area contributed by atoms with Crippen molar-refractivity contribution in [3.05, 3.63) is 0 Å². The first-order valence-electron chi connectivity index (χ1n) is 15.6. The maximum Gasteiger partial charge on any atom is 0.126 e. The van der Waals surface area contributed by atoms with Gasteiger partial charge in [-0.1, -0.05) is 0 Å².